The van der Waals surface area contributed by atoms with E-state index < -0.39 is 32.3 Å². The summed E-state index contributed by atoms with van der Waals surface area (Å²) in [6.07, 6.45) is 0. The molecular weight excluding hydrogens is 383 g/mol. The van der Waals surface area contributed by atoms with Gasteiger partial charge in [-0.2, -0.15) is 0 Å². The van der Waals surface area contributed by atoms with E-state index in [4.69, 9.17) is 0 Å². The summed E-state index contributed by atoms with van der Waals surface area (Å²) < 4.78 is 41.6. The number of hydrogen-bond acceptors (Lipinski definition) is 5. The molecule has 1 aliphatic rings. The third kappa shape index (κ3) is 3.43. The topological polar surface area (TPSA) is 83.6 Å². The number of nitrogens with one attached hydrogen (secondary N) is 1. The fourth-order valence-corrected chi connectivity index (χ4v) is 4.52. The Kier molecular flexibility index (Phi) is 5.33. The maximum atomic E-state index is 13.1. The molecule has 2 aromatic carbocycles. The summed E-state index contributed by atoms with van der Waals surface area (Å²) in [5.74, 6) is -1.78. The van der Waals surface area contributed by atoms with Gasteiger partial charge in [0.1, 0.15) is 11.5 Å². The quantitative estimate of drug-likeness (QED) is 0.802. The predicted molar refractivity (Wildman–Crippen MR) is 104 cm³/mol. The van der Waals surface area contributed by atoms with E-state index in [1.165, 1.54) is 24.3 Å². The second-order valence-electron chi connectivity index (χ2n) is 6.17. The van der Waals surface area contributed by atoms with E-state index in [1.807, 2.05) is 0 Å². The summed E-state index contributed by atoms with van der Waals surface area (Å²) in [6, 6.07) is 10.8. The molecule has 6 nitrogen and oxygen atoms in total. The summed E-state index contributed by atoms with van der Waals surface area (Å²) in [6.45, 7) is 4.24. The van der Waals surface area contributed by atoms with Crippen LogP contribution in [0.4, 0.5) is 10.1 Å². The summed E-state index contributed by atoms with van der Waals surface area (Å²) in [5, 5.41) is 0. The minimum atomic E-state index is -4.39. The maximum Gasteiger partial charge on any atom is 0.268 e. The standard InChI is InChI=1S/C20H19FN2O4S/c1-3-23(4-2)17-18(24)15-7-5-6-8-16(15)19(25)20(17)28(26,27)22-14-11-9-13(21)10-12-14/h5-12,22H,3-4H2,1-2H3. The van der Waals surface area contributed by atoms with Gasteiger partial charge in [0.2, 0.25) is 11.6 Å². The molecule has 0 saturated heterocycles. The number of nitrogens with zero attached hydrogens (tertiary/aromatic N) is 1. The van der Waals surface area contributed by atoms with Gasteiger partial charge in [0.05, 0.1) is 0 Å². The molecule has 0 aliphatic heterocycles. The van der Waals surface area contributed by atoms with Crippen molar-refractivity contribution in [1.82, 2.24) is 4.90 Å². The van der Waals surface area contributed by atoms with Crippen molar-refractivity contribution in [1.29, 1.82) is 0 Å². The summed E-state index contributed by atoms with van der Waals surface area (Å²) >= 11 is 0. The minimum Gasteiger partial charge on any atom is -0.368 e. The summed E-state index contributed by atoms with van der Waals surface area (Å²) in [4.78, 5) is 27.1. The molecule has 0 saturated carbocycles. The number of ketones is 2. The molecule has 0 atom stereocenters. The molecule has 0 fully saturated rings. The largest absolute Gasteiger partial charge is 0.368 e. The minimum absolute atomic E-state index is 0.0443. The number of benzene rings is 2. The number of allylic oxidation sites excluding steroid dienone is 2. The zero-order valence-corrected chi connectivity index (χ0v) is 16.2. The van der Waals surface area contributed by atoms with Crippen molar-refractivity contribution in [2.24, 2.45) is 0 Å². The Morgan fingerprint density at radius 1 is 0.893 bits per heavy atom. The third-order valence-corrected chi connectivity index (χ3v) is 5.92. The molecule has 0 unspecified atom stereocenters. The summed E-state index contributed by atoms with van der Waals surface area (Å²) in [7, 11) is -4.39. The Hall–Kier alpha value is -3.00. The highest BCUT2D eigenvalue weighted by atomic mass is 32.2. The second kappa shape index (κ2) is 7.55. The monoisotopic (exact) mass is 402 g/mol. The van der Waals surface area contributed by atoms with Crippen LogP contribution in [-0.2, 0) is 10.0 Å². The van der Waals surface area contributed by atoms with E-state index in [2.05, 4.69) is 4.72 Å². The number of likely N-dealkylation sites (N-methyl/N-ethyl adjacent to an activating group) is 1. The van der Waals surface area contributed by atoms with E-state index in [0.29, 0.717) is 13.1 Å². The third-order valence-electron chi connectivity index (χ3n) is 4.50. The molecule has 1 aliphatic carbocycles. The maximum absolute atomic E-state index is 13.1. The number of halogens is 1. The number of carbonyl (C=O) groups is 2. The smallest absolute Gasteiger partial charge is 0.268 e. The van der Waals surface area contributed by atoms with Gasteiger partial charge >= 0.3 is 0 Å². The lowest BCUT2D eigenvalue weighted by molar-refractivity contribution is 0.0949. The molecule has 3 rings (SSSR count). The van der Waals surface area contributed by atoms with Gasteiger partial charge in [0.25, 0.3) is 10.0 Å². The Balaban J connectivity index is 2.19. The van der Waals surface area contributed by atoms with Crippen molar-refractivity contribution < 1.29 is 22.4 Å². The normalized spacial score (nSPS) is 14.1. The van der Waals surface area contributed by atoms with Crippen LogP contribution in [0.2, 0.25) is 0 Å². The SMILES string of the molecule is CCN(CC)C1=C(S(=O)(=O)Nc2ccc(F)cc2)C(=O)c2ccccc2C1=O. The van der Waals surface area contributed by atoms with Crippen molar-refractivity contribution in [3.8, 4) is 0 Å². The number of sulfonamides is 1. The average molecular weight is 402 g/mol. The van der Waals surface area contributed by atoms with Crippen LogP contribution >= 0.6 is 0 Å². The lowest BCUT2D eigenvalue weighted by Gasteiger charge is -2.29. The lowest BCUT2D eigenvalue weighted by Crippen LogP contribution is -2.37. The molecule has 0 aromatic heterocycles. The van der Waals surface area contributed by atoms with Crippen molar-refractivity contribution in [3.05, 3.63) is 76.1 Å². The molecule has 0 spiro atoms. The molecular formula is C20H19FN2O4S. The molecule has 1 N–H and O–H groups in total. The highest BCUT2D eigenvalue weighted by molar-refractivity contribution is 7.97. The van der Waals surface area contributed by atoms with Crippen LogP contribution in [0.5, 0.6) is 0 Å². The number of fused-ring (bicyclic) bond motifs is 1. The number of hydrogen-bond donors (Lipinski definition) is 1. The van der Waals surface area contributed by atoms with Crippen molar-refractivity contribution >= 4 is 27.3 Å². The van der Waals surface area contributed by atoms with Gasteiger partial charge in [-0.05, 0) is 38.1 Å². The Morgan fingerprint density at radius 3 is 1.96 bits per heavy atom. The highest BCUT2D eigenvalue weighted by Crippen LogP contribution is 2.32. The number of carbonyl (C=O) groups excluding carboxylic acids is 2. The molecule has 8 heteroatoms. The van der Waals surface area contributed by atoms with Crippen LogP contribution in [0, 0.1) is 5.82 Å². The fraction of sp³-hybridized carbons (Fsp3) is 0.200. The van der Waals surface area contributed by atoms with Gasteiger partial charge in [-0.15, -0.1) is 0 Å². The first-order chi connectivity index (χ1) is 13.3. The number of anilines is 1. The zero-order valence-electron chi connectivity index (χ0n) is 15.4. The van der Waals surface area contributed by atoms with Crippen LogP contribution in [0.25, 0.3) is 0 Å². The Labute approximate surface area is 162 Å². The van der Waals surface area contributed by atoms with E-state index >= 15 is 0 Å². The van der Waals surface area contributed by atoms with E-state index in [1.54, 1.807) is 30.9 Å². The predicted octanol–water partition coefficient (Wildman–Crippen LogP) is 3.20. The van der Waals surface area contributed by atoms with Crippen LogP contribution in [-0.4, -0.2) is 38.0 Å². The van der Waals surface area contributed by atoms with Crippen LogP contribution < -0.4 is 4.72 Å². The average Bonchev–Trinajstić information content (AvgIpc) is 2.68. The van der Waals surface area contributed by atoms with Gasteiger partial charge in [-0.1, -0.05) is 24.3 Å². The molecule has 0 heterocycles. The summed E-state index contributed by atoms with van der Waals surface area (Å²) in [5.41, 5.74) is 0.160. The van der Waals surface area contributed by atoms with E-state index in [-0.39, 0.29) is 22.5 Å². The van der Waals surface area contributed by atoms with Gasteiger partial charge < -0.3 is 4.90 Å². The Bertz CT molecular complexity index is 1070. The van der Waals surface area contributed by atoms with Gasteiger partial charge in [-0.3, -0.25) is 14.3 Å². The van der Waals surface area contributed by atoms with Gasteiger partial charge in [-0.25, -0.2) is 12.8 Å². The molecule has 0 radical (unpaired) electrons. The van der Waals surface area contributed by atoms with Crippen molar-refractivity contribution in [2.75, 3.05) is 17.8 Å². The second-order valence-corrected chi connectivity index (χ2v) is 7.79. The van der Waals surface area contributed by atoms with Crippen molar-refractivity contribution in [3.63, 3.8) is 0 Å². The van der Waals surface area contributed by atoms with Crippen LogP contribution in [0.3, 0.4) is 0 Å². The molecule has 2 aromatic rings. The molecule has 0 amide bonds. The van der Waals surface area contributed by atoms with Crippen LogP contribution in [0.1, 0.15) is 34.6 Å². The first kappa shape index (κ1) is 19.8. The van der Waals surface area contributed by atoms with Crippen LogP contribution in [0.15, 0.2) is 59.1 Å². The number of rotatable bonds is 6. The molecule has 28 heavy (non-hydrogen) atoms. The van der Waals surface area contributed by atoms with Gasteiger partial charge in [0, 0.05) is 29.9 Å². The molecule has 146 valence electrons. The van der Waals surface area contributed by atoms with E-state index in [0.717, 1.165) is 12.1 Å². The zero-order chi connectivity index (χ0) is 20.5. The highest BCUT2D eigenvalue weighted by Gasteiger charge is 2.40. The van der Waals surface area contributed by atoms with E-state index in [9.17, 15) is 22.4 Å². The van der Waals surface area contributed by atoms with Gasteiger partial charge in [0.15, 0.2) is 4.91 Å². The number of Topliss-reactive ketones (excluding diaryl/α,β-unsaturated/α-hetero) is 2. The first-order valence-corrected chi connectivity index (χ1v) is 10.2. The Morgan fingerprint density at radius 2 is 1.43 bits per heavy atom. The van der Waals surface area contributed by atoms with Crippen molar-refractivity contribution in [2.45, 2.75) is 13.8 Å². The molecule has 0 bridgehead atoms. The first-order valence-electron chi connectivity index (χ1n) is 8.76. The lowest BCUT2D eigenvalue weighted by atomic mass is 9.92. The fourth-order valence-electron chi connectivity index (χ4n) is 3.14.